The maximum atomic E-state index is 11.9. The molecule has 1 amide bonds. The van der Waals surface area contributed by atoms with Gasteiger partial charge in [0, 0.05) is 11.4 Å². The summed E-state index contributed by atoms with van der Waals surface area (Å²) >= 11 is 1.53. The van der Waals surface area contributed by atoms with Crippen molar-refractivity contribution in [2.24, 2.45) is 0 Å². The lowest BCUT2D eigenvalue weighted by atomic mass is 9.80. The van der Waals surface area contributed by atoms with Gasteiger partial charge in [0.2, 0.25) is 5.91 Å². The smallest absolute Gasteiger partial charge is 0.233 e. The summed E-state index contributed by atoms with van der Waals surface area (Å²) in [6.45, 7) is 2.27. The Bertz CT molecular complexity index is 404. The van der Waals surface area contributed by atoms with Crippen molar-refractivity contribution in [2.45, 2.75) is 41.9 Å². The minimum Gasteiger partial charge on any atom is -0.388 e. The van der Waals surface area contributed by atoms with E-state index >= 15 is 0 Å². The first-order valence-corrected chi connectivity index (χ1v) is 7.19. The molecule has 2 N–H and O–H groups in total. The summed E-state index contributed by atoms with van der Waals surface area (Å²) in [6, 6.07) is 9.87. The maximum absolute atomic E-state index is 11.9. The molecule has 1 aromatic carbocycles. The van der Waals surface area contributed by atoms with Gasteiger partial charge in [0.1, 0.15) is 0 Å². The predicted molar refractivity (Wildman–Crippen MR) is 73.6 cm³/mol. The topological polar surface area (TPSA) is 49.3 Å². The molecule has 1 fully saturated rings. The van der Waals surface area contributed by atoms with E-state index in [-0.39, 0.29) is 11.2 Å². The second-order valence-electron chi connectivity index (χ2n) is 4.87. The number of hydrogen-bond donors (Lipinski definition) is 2. The number of aliphatic hydroxyl groups is 1. The SMILES string of the molecule is CC(Sc1ccccc1)C(=O)NCC1(O)CCC1. The minimum absolute atomic E-state index is 0.0100. The normalized spacial score (nSPS) is 18.8. The molecule has 0 spiro atoms. The molecular formula is C14H19NO2S. The van der Waals surface area contributed by atoms with E-state index in [4.69, 9.17) is 0 Å². The molecular weight excluding hydrogens is 246 g/mol. The molecule has 98 valence electrons. The molecule has 1 atom stereocenters. The van der Waals surface area contributed by atoms with E-state index in [0.717, 1.165) is 24.2 Å². The van der Waals surface area contributed by atoms with E-state index in [2.05, 4.69) is 5.32 Å². The number of carbonyl (C=O) groups excluding carboxylic acids is 1. The van der Waals surface area contributed by atoms with Gasteiger partial charge in [0.25, 0.3) is 0 Å². The van der Waals surface area contributed by atoms with E-state index in [0.29, 0.717) is 6.54 Å². The monoisotopic (exact) mass is 265 g/mol. The van der Waals surface area contributed by atoms with Gasteiger partial charge in [0.05, 0.1) is 10.9 Å². The standard InChI is InChI=1S/C14H19NO2S/c1-11(18-12-6-3-2-4-7-12)13(16)15-10-14(17)8-5-9-14/h2-4,6-7,11,17H,5,8-10H2,1H3,(H,15,16). The van der Waals surface area contributed by atoms with E-state index in [1.807, 2.05) is 37.3 Å². The number of carbonyl (C=O) groups is 1. The van der Waals surface area contributed by atoms with Gasteiger partial charge in [-0.05, 0) is 38.3 Å². The van der Waals surface area contributed by atoms with Gasteiger partial charge in [-0.3, -0.25) is 4.79 Å². The number of hydrogen-bond acceptors (Lipinski definition) is 3. The highest BCUT2D eigenvalue weighted by molar-refractivity contribution is 8.00. The first-order chi connectivity index (χ1) is 8.59. The van der Waals surface area contributed by atoms with E-state index in [1.165, 1.54) is 11.8 Å². The lowest BCUT2D eigenvalue weighted by Gasteiger charge is -2.36. The van der Waals surface area contributed by atoms with Gasteiger partial charge in [0.15, 0.2) is 0 Å². The van der Waals surface area contributed by atoms with Crippen molar-refractivity contribution in [3.8, 4) is 0 Å². The van der Waals surface area contributed by atoms with Crippen molar-refractivity contribution in [3.05, 3.63) is 30.3 Å². The molecule has 0 saturated heterocycles. The zero-order valence-electron chi connectivity index (χ0n) is 10.6. The molecule has 1 saturated carbocycles. The Labute approximate surface area is 112 Å². The summed E-state index contributed by atoms with van der Waals surface area (Å²) in [7, 11) is 0. The Morgan fingerprint density at radius 1 is 1.44 bits per heavy atom. The summed E-state index contributed by atoms with van der Waals surface area (Å²) in [5.41, 5.74) is -0.646. The van der Waals surface area contributed by atoms with Crippen LogP contribution in [0.4, 0.5) is 0 Å². The van der Waals surface area contributed by atoms with Gasteiger partial charge in [-0.15, -0.1) is 11.8 Å². The molecule has 1 unspecified atom stereocenters. The summed E-state index contributed by atoms with van der Waals surface area (Å²) < 4.78 is 0. The van der Waals surface area contributed by atoms with E-state index in [1.54, 1.807) is 0 Å². The third-order valence-corrected chi connectivity index (χ3v) is 4.41. The van der Waals surface area contributed by atoms with Crippen LogP contribution in [-0.2, 0) is 4.79 Å². The highest BCUT2D eigenvalue weighted by atomic mass is 32.2. The number of nitrogens with one attached hydrogen (secondary N) is 1. The van der Waals surface area contributed by atoms with E-state index < -0.39 is 5.60 Å². The van der Waals surface area contributed by atoms with Crippen LogP contribution in [0.15, 0.2) is 35.2 Å². The Kier molecular flexibility index (Phi) is 4.30. The van der Waals surface area contributed by atoms with Crippen molar-refractivity contribution in [2.75, 3.05) is 6.54 Å². The zero-order chi connectivity index (χ0) is 13.0. The summed E-state index contributed by atoms with van der Waals surface area (Å²) in [6.07, 6.45) is 2.65. The number of rotatable bonds is 5. The van der Waals surface area contributed by atoms with Crippen LogP contribution in [-0.4, -0.2) is 28.4 Å². The largest absolute Gasteiger partial charge is 0.388 e. The minimum atomic E-state index is -0.646. The van der Waals surface area contributed by atoms with Gasteiger partial charge in [-0.25, -0.2) is 0 Å². The molecule has 0 aliphatic heterocycles. The number of amides is 1. The van der Waals surface area contributed by atoms with Crippen molar-refractivity contribution in [1.29, 1.82) is 0 Å². The van der Waals surface area contributed by atoms with Crippen LogP contribution in [0.25, 0.3) is 0 Å². The lowest BCUT2D eigenvalue weighted by molar-refractivity contribution is -0.122. The van der Waals surface area contributed by atoms with Gasteiger partial charge >= 0.3 is 0 Å². The molecule has 0 aromatic heterocycles. The fraction of sp³-hybridized carbons (Fsp3) is 0.500. The third kappa shape index (κ3) is 3.50. The number of benzene rings is 1. The summed E-state index contributed by atoms with van der Waals surface area (Å²) in [5.74, 6) is -0.0100. The van der Waals surface area contributed by atoms with Crippen LogP contribution in [0, 0.1) is 0 Å². The van der Waals surface area contributed by atoms with Crippen molar-refractivity contribution in [3.63, 3.8) is 0 Å². The zero-order valence-corrected chi connectivity index (χ0v) is 11.4. The van der Waals surface area contributed by atoms with Crippen LogP contribution in [0.2, 0.25) is 0 Å². The van der Waals surface area contributed by atoms with Crippen LogP contribution in [0.3, 0.4) is 0 Å². The molecule has 0 radical (unpaired) electrons. The lowest BCUT2D eigenvalue weighted by Crippen LogP contribution is -2.49. The van der Waals surface area contributed by atoms with Crippen LogP contribution in [0.1, 0.15) is 26.2 Å². The Morgan fingerprint density at radius 3 is 2.67 bits per heavy atom. The van der Waals surface area contributed by atoms with Gasteiger partial charge in [-0.1, -0.05) is 18.2 Å². The fourth-order valence-electron chi connectivity index (χ4n) is 1.91. The highest BCUT2D eigenvalue weighted by Gasteiger charge is 2.34. The molecule has 0 heterocycles. The average Bonchev–Trinajstić information content (AvgIpc) is 2.34. The molecule has 2 rings (SSSR count). The van der Waals surface area contributed by atoms with Crippen LogP contribution >= 0.6 is 11.8 Å². The average molecular weight is 265 g/mol. The Hall–Kier alpha value is -1.00. The van der Waals surface area contributed by atoms with Crippen LogP contribution < -0.4 is 5.32 Å². The van der Waals surface area contributed by atoms with Gasteiger partial charge < -0.3 is 10.4 Å². The van der Waals surface area contributed by atoms with Crippen molar-refractivity contribution < 1.29 is 9.90 Å². The Morgan fingerprint density at radius 2 is 2.11 bits per heavy atom. The summed E-state index contributed by atoms with van der Waals surface area (Å²) in [4.78, 5) is 13.0. The van der Waals surface area contributed by atoms with E-state index in [9.17, 15) is 9.90 Å². The second kappa shape index (κ2) is 5.76. The van der Waals surface area contributed by atoms with Crippen molar-refractivity contribution in [1.82, 2.24) is 5.32 Å². The molecule has 1 aromatic rings. The molecule has 1 aliphatic carbocycles. The number of thioether (sulfide) groups is 1. The molecule has 4 heteroatoms. The second-order valence-corrected chi connectivity index (χ2v) is 6.28. The predicted octanol–water partition coefficient (Wildman–Crippen LogP) is 2.20. The molecule has 1 aliphatic rings. The molecule has 0 bridgehead atoms. The van der Waals surface area contributed by atoms with Crippen molar-refractivity contribution >= 4 is 17.7 Å². The molecule has 3 nitrogen and oxygen atoms in total. The highest BCUT2D eigenvalue weighted by Crippen LogP contribution is 2.30. The quantitative estimate of drug-likeness (QED) is 0.802. The first kappa shape index (κ1) is 13.4. The summed E-state index contributed by atoms with van der Waals surface area (Å²) in [5, 5.41) is 12.6. The fourth-order valence-corrected chi connectivity index (χ4v) is 2.83. The van der Waals surface area contributed by atoms with Crippen LogP contribution in [0.5, 0.6) is 0 Å². The first-order valence-electron chi connectivity index (χ1n) is 6.31. The Balaban J connectivity index is 1.78. The van der Waals surface area contributed by atoms with Gasteiger partial charge in [-0.2, -0.15) is 0 Å². The maximum Gasteiger partial charge on any atom is 0.233 e. The molecule has 18 heavy (non-hydrogen) atoms. The third-order valence-electron chi connectivity index (χ3n) is 3.30.